The van der Waals surface area contributed by atoms with Crippen molar-refractivity contribution < 1.29 is 14.6 Å². The minimum atomic E-state index is -0.322. The van der Waals surface area contributed by atoms with Crippen LogP contribution < -0.4 is 5.32 Å². The Morgan fingerprint density at radius 3 is 3.14 bits per heavy atom. The van der Waals surface area contributed by atoms with E-state index in [1.54, 1.807) is 18.2 Å². The standard InChI is InChI=1S/C10H11NO3/c1-14-10(13)9-5-6-4-7(12)2-3-8(6)11-9/h2-4,9,11-12H,5H2,1H3. The van der Waals surface area contributed by atoms with Crippen molar-refractivity contribution in [1.29, 1.82) is 0 Å². The zero-order valence-electron chi connectivity index (χ0n) is 7.78. The van der Waals surface area contributed by atoms with Crippen molar-refractivity contribution >= 4 is 11.7 Å². The molecule has 4 heteroatoms. The number of hydrogen-bond donors (Lipinski definition) is 2. The summed E-state index contributed by atoms with van der Waals surface area (Å²) >= 11 is 0. The van der Waals surface area contributed by atoms with Crippen LogP contribution in [0.15, 0.2) is 18.2 Å². The van der Waals surface area contributed by atoms with Crippen molar-refractivity contribution in [3.8, 4) is 5.75 Å². The summed E-state index contributed by atoms with van der Waals surface area (Å²) in [5, 5.41) is 12.3. The first-order chi connectivity index (χ1) is 6.70. The molecule has 0 spiro atoms. The second kappa shape index (κ2) is 3.21. The molecule has 4 nitrogen and oxygen atoms in total. The van der Waals surface area contributed by atoms with Crippen LogP contribution in [-0.2, 0) is 16.0 Å². The number of fused-ring (bicyclic) bond motifs is 1. The first-order valence-corrected chi connectivity index (χ1v) is 4.37. The minimum absolute atomic E-state index is 0.219. The highest BCUT2D eigenvalue weighted by Gasteiger charge is 2.27. The molecule has 1 aliphatic heterocycles. The molecule has 1 aromatic rings. The van der Waals surface area contributed by atoms with Gasteiger partial charge in [-0.3, -0.25) is 0 Å². The Labute approximate surface area is 81.5 Å². The summed E-state index contributed by atoms with van der Waals surface area (Å²) in [6, 6.07) is 4.68. The molecule has 14 heavy (non-hydrogen) atoms. The second-order valence-electron chi connectivity index (χ2n) is 3.27. The number of esters is 1. The molecule has 0 fully saturated rings. The largest absolute Gasteiger partial charge is 0.508 e. The van der Waals surface area contributed by atoms with E-state index in [1.165, 1.54) is 7.11 Å². The summed E-state index contributed by atoms with van der Waals surface area (Å²) in [5.41, 5.74) is 1.83. The number of phenols is 1. The molecule has 1 atom stereocenters. The van der Waals surface area contributed by atoms with Gasteiger partial charge in [-0.25, -0.2) is 4.79 Å². The molecule has 2 N–H and O–H groups in total. The van der Waals surface area contributed by atoms with Gasteiger partial charge in [0.05, 0.1) is 7.11 Å². The van der Waals surface area contributed by atoms with E-state index in [0.717, 1.165) is 11.3 Å². The number of carbonyl (C=O) groups is 1. The Morgan fingerprint density at radius 1 is 1.64 bits per heavy atom. The van der Waals surface area contributed by atoms with Crippen LogP contribution in [0.1, 0.15) is 5.56 Å². The lowest BCUT2D eigenvalue weighted by molar-refractivity contribution is -0.141. The summed E-state index contributed by atoms with van der Waals surface area (Å²) in [7, 11) is 1.37. The van der Waals surface area contributed by atoms with Crippen LogP contribution in [-0.4, -0.2) is 24.2 Å². The van der Waals surface area contributed by atoms with E-state index in [1.807, 2.05) is 0 Å². The molecule has 1 heterocycles. The molecule has 0 saturated heterocycles. The summed E-state index contributed by atoms with van der Waals surface area (Å²) < 4.78 is 4.63. The van der Waals surface area contributed by atoms with Gasteiger partial charge in [-0.05, 0) is 23.8 Å². The third kappa shape index (κ3) is 1.39. The third-order valence-corrected chi connectivity index (χ3v) is 2.33. The number of aromatic hydroxyl groups is 1. The van der Waals surface area contributed by atoms with Gasteiger partial charge in [-0.15, -0.1) is 0 Å². The quantitative estimate of drug-likeness (QED) is 0.514. The number of phenolic OH excluding ortho intramolecular Hbond substituents is 1. The Morgan fingerprint density at radius 2 is 2.43 bits per heavy atom. The van der Waals surface area contributed by atoms with E-state index in [0.29, 0.717) is 6.42 Å². The van der Waals surface area contributed by atoms with Gasteiger partial charge in [0.25, 0.3) is 0 Å². The Kier molecular flexibility index (Phi) is 2.04. The molecule has 0 aromatic heterocycles. The smallest absolute Gasteiger partial charge is 0.328 e. The predicted octanol–water partition coefficient (Wildman–Crippen LogP) is 0.902. The van der Waals surface area contributed by atoms with Crippen LogP contribution in [0.4, 0.5) is 5.69 Å². The molecule has 74 valence electrons. The maximum atomic E-state index is 11.2. The van der Waals surface area contributed by atoms with Gasteiger partial charge < -0.3 is 15.2 Å². The second-order valence-corrected chi connectivity index (χ2v) is 3.27. The normalized spacial score (nSPS) is 18.5. The molecule has 0 bridgehead atoms. The molecule has 1 unspecified atom stereocenters. The molecule has 0 radical (unpaired) electrons. The lowest BCUT2D eigenvalue weighted by Crippen LogP contribution is -2.27. The fourth-order valence-corrected chi connectivity index (χ4v) is 1.63. The Balaban J connectivity index is 2.22. The average molecular weight is 193 g/mol. The highest BCUT2D eigenvalue weighted by Crippen LogP contribution is 2.29. The van der Waals surface area contributed by atoms with Crippen LogP contribution in [0.25, 0.3) is 0 Å². The highest BCUT2D eigenvalue weighted by atomic mass is 16.5. The monoisotopic (exact) mass is 193 g/mol. The van der Waals surface area contributed by atoms with E-state index >= 15 is 0 Å². The fraction of sp³-hybridized carbons (Fsp3) is 0.300. The number of hydrogen-bond acceptors (Lipinski definition) is 4. The van der Waals surface area contributed by atoms with Crippen molar-refractivity contribution in [2.75, 3.05) is 12.4 Å². The first kappa shape index (κ1) is 8.87. The van der Waals surface area contributed by atoms with Crippen LogP contribution in [0.3, 0.4) is 0 Å². The number of benzene rings is 1. The summed E-state index contributed by atoms with van der Waals surface area (Å²) in [4.78, 5) is 11.2. The maximum absolute atomic E-state index is 11.2. The summed E-state index contributed by atoms with van der Waals surface area (Å²) in [5.74, 6) is -0.0586. The first-order valence-electron chi connectivity index (χ1n) is 4.37. The third-order valence-electron chi connectivity index (χ3n) is 2.33. The van der Waals surface area contributed by atoms with Crippen LogP contribution in [0.5, 0.6) is 5.75 Å². The van der Waals surface area contributed by atoms with Gasteiger partial charge in [0.1, 0.15) is 11.8 Å². The van der Waals surface area contributed by atoms with E-state index < -0.39 is 0 Å². The molecule has 0 aliphatic carbocycles. The van der Waals surface area contributed by atoms with Crippen molar-refractivity contribution in [2.24, 2.45) is 0 Å². The number of nitrogens with one attached hydrogen (secondary N) is 1. The summed E-state index contributed by atoms with van der Waals surface area (Å²) in [6.45, 7) is 0. The van der Waals surface area contributed by atoms with E-state index in [9.17, 15) is 9.90 Å². The van der Waals surface area contributed by atoms with Gasteiger partial charge in [-0.1, -0.05) is 0 Å². The topological polar surface area (TPSA) is 58.6 Å². The van der Waals surface area contributed by atoms with Gasteiger partial charge in [0, 0.05) is 12.1 Å². The molecule has 1 aromatic carbocycles. The van der Waals surface area contributed by atoms with Gasteiger partial charge >= 0.3 is 5.97 Å². The number of methoxy groups -OCH3 is 1. The number of rotatable bonds is 1. The van der Waals surface area contributed by atoms with Gasteiger partial charge in [0.15, 0.2) is 0 Å². The van der Waals surface area contributed by atoms with Crippen molar-refractivity contribution in [1.82, 2.24) is 0 Å². The number of ether oxygens (including phenoxy) is 1. The van der Waals surface area contributed by atoms with Crippen LogP contribution in [0, 0.1) is 0 Å². The average Bonchev–Trinajstić information content (AvgIpc) is 2.59. The molecule has 0 amide bonds. The highest BCUT2D eigenvalue weighted by molar-refractivity contribution is 5.82. The van der Waals surface area contributed by atoms with Gasteiger partial charge in [-0.2, -0.15) is 0 Å². The fourth-order valence-electron chi connectivity index (χ4n) is 1.63. The summed E-state index contributed by atoms with van der Waals surface area (Å²) in [6.07, 6.45) is 0.566. The number of anilines is 1. The van der Waals surface area contributed by atoms with Gasteiger partial charge in [0.2, 0.25) is 0 Å². The van der Waals surface area contributed by atoms with Crippen LogP contribution in [0.2, 0.25) is 0 Å². The molecule has 0 saturated carbocycles. The lowest BCUT2D eigenvalue weighted by atomic mass is 10.1. The minimum Gasteiger partial charge on any atom is -0.508 e. The van der Waals surface area contributed by atoms with Crippen molar-refractivity contribution in [2.45, 2.75) is 12.5 Å². The maximum Gasteiger partial charge on any atom is 0.328 e. The Hall–Kier alpha value is -1.71. The molecular weight excluding hydrogens is 182 g/mol. The van der Waals surface area contributed by atoms with E-state index in [2.05, 4.69) is 10.1 Å². The lowest BCUT2D eigenvalue weighted by Gasteiger charge is -2.07. The van der Waals surface area contributed by atoms with E-state index in [4.69, 9.17) is 0 Å². The zero-order valence-corrected chi connectivity index (χ0v) is 7.78. The predicted molar refractivity (Wildman–Crippen MR) is 51.2 cm³/mol. The van der Waals surface area contributed by atoms with Crippen molar-refractivity contribution in [3.05, 3.63) is 23.8 Å². The SMILES string of the molecule is COC(=O)C1Cc2cc(O)ccc2N1. The molecular formula is C10H11NO3. The van der Waals surface area contributed by atoms with E-state index in [-0.39, 0.29) is 17.8 Å². The zero-order chi connectivity index (χ0) is 10.1. The Bertz CT molecular complexity index is 376. The number of carbonyl (C=O) groups excluding carboxylic acids is 1. The molecule has 1 aliphatic rings. The van der Waals surface area contributed by atoms with Crippen molar-refractivity contribution in [3.63, 3.8) is 0 Å². The molecule has 2 rings (SSSR count). The van der Waals surface area contributed by atoms with Crippen LogP contribution >= 0.6 is 0 Å².